The fraction of sp³-hybridized carbons (Fsp3) is 0.306. The Bertz CT molecular complexity index is 1600. The quantitative estimate of drug-likeness (QED) is 0.126. The van der Waals surface area contributed by atoms with E-state index in [9.17, 15) is 19.6 Å². The van der Waals surface area contributed by atoms with Gasteiger partial charge in [0.15, 0.2) is 0 Å². The third kappa shape index (κ3) is 7.64. The van der Waals surface area contributed by atoms with Crippen molar-refractivity contribution in [1.82, 2.24) is 0 Å². The zero-order valence-corrected chi connectivity index (χ0v) is 25.6. The molecule has 4 nitrogen and oxygen atoms in total. The van der Waals surface area contributed by atoms with Gasteiger partial charge in [0.05, 0.1) is 12.0 Å². The number of aliphatic hydroxyl groups is 1. The molecule has 0 spiro atoms. The number of carbonyl (C=O) groups is 1. The molecule has 4 aromatic rings. The van der Waals surface area contributed by atoms with Gasteiger partial charge in [-0.05, 0) is 102 Å². The minimum atomic E-state index is -1.26. The van der Waals surface area contributed by atoms with Crippen LogP contribution < -0.4 is 0 Å². The summed E-state index contributed by atoms with van der Waals surface area (Å²) in [6.07, 6.45) is 7.08. The molecule has 0 heterocycles. The van der Waals surface area contributed by atoms with Crippen molar-refractivity contribution in [2.75, 3.05) is 5.75 Å². The van der Waals surface area contributed by atoms with Crippen molar-refractivity contribution in [1.29, 1.82) is 0 Å². The molecule has 2 atom stereocenters. The summed E-state index contributed by atoms with van der Waals surface area (Å²) in [5.74, 6) is -0.445. The summed E-state index contributed by atoms with van der Waals surface area (Å²) in [5, 5.41) is 22.8. The van der Waals surface area contributed by atoms with E-state index in [0.717, 1.165) is 51.4 Å². The fourth-order valence-corrected chi connectivity index (χ4v) is 7.95. The van der Waals surface area contributed by atoms with Gasteiger partial charge in [-0.1, -0.05) is 84.4 Å². The number of carboxylic acid groups (broad SMARTS) is 1. The molecule has 2 N–H and O–H groups in total. The zero-order chi connectivity index (χ0) is 29.9. The Morgan fingerprint density at radius 2 is 1.69 bits per heavy atom. The van der Waals surface area contributed by atoms with Gasteiger partial charge < -0.3 is 14.8 Å². The molecule has 1 fully saturated rings. The lowest BCUT2D eigenvalue weighted by Crippen LogP contribution is -2.26. The number of benzene rings is 4. The first-order chi connectivity index (χ1) is 20.0. The average Bonchev–Trinajstić information content (AvgIpc) is 3.69. The van der Waals surface area contributed by atoms with Crippen LogP contribution in [0.5, 0.6) is 0 Å². The molecule has 0 aliphatic heterocycles. The lowest BCUT2D eigenvalue weighted by Gasteiger charge is -2.27. The van der Waals surface area contributed by atoms with Gasteiger partial charge in [0.25, 0.3) is 0 Å². The Morgan fingerprint density at radius 3 is 2.40 bits per heavy atom. The number of hydrogen-bond donors (Lipinski definition) is 2. The van der Waals surface area contributed by atoms with Gasteiger partial charge in [-0.15, -0.1) is 0 Å². The van der Waals surface area contributed by atoms with Crippen LogP contribution in [-0.4, -0.2) is 26.5 Å². The van der Waals surface area contributed by atoms with Crippen molar-refractivity contribution in [3.8, 4) is 0 Å². The highest BCUT2D eigenvalue weighted by Gasteiger charge is 2.49. The van der Waals surface area contributed by atoms with E-state index in [1.807, 2.05) is 60.7 Å². The Balaban J connectivity index is 1.41. The van der Waals surface area contributed by atoms with E-state index in [1.165, 1.54) is 0 Å². The highest BCUT2D eigenvalue weighted by molar-refractivity contribution is 7.91. The molecule has 1 aliphatic rings. The molecule has 218 valence electrons. The smallest absolute Gasteiger partial charge is 0.304 e. The number of carboxylic acids is 1. The van der Waals surface area contributed by atoms with E-state index < -0.39 is 22.7 Å². The molecule has 42 heavy (non-hydrogen) atoms. The summed E-state index contributed by atoms with van der Waals surface area (Å²) in [7, 11) is 0. The molecule has 0 saturated heterocycles. The number of aliphatic carboxylic acids is 1. The van der Waals surface area contributed by atoms with E-state index in [2.05, 4.69) is 36.4 Å². The van der Waals surface area contributed by atoms with E-state index in [1.54, 1.807) is 13.8 Å². The van der Waals surface area contributed by atoms with Gasteiger partial charge in [-0.25, -0.2) is 0 Å². The first-order valence-corrected chi connectivity index (χ1v) is 16.1. The van der Waals surface area contributed by atoms with Crippen molar-refractivity contribution in [2.45, 2.75) is 56.8 Å². The second-order valence-electron chi connectivity index (χ2n) is 12.1. The summed E-state index contributed by atoms with van der Waals surface area (Å²) < 4.78 is 14.0. The average molecular weight is 601 g/mol. The molecule has 1 unspecified atom stereocenters. The van der Waals surface area contributed by atoms with Crippen molar-refractivity contribution in [3.05, 3.63) is 118 Å². The molecular formula is C36H37ClO4S. The molecule has 0 aromatic heterocycles. The van der Waals surface area contributed by atoms with E-state index >= 15 is 0 Å². The van der Waals surface area contributed by atoms with Gasteiger partial charge in [0, 0.05) is 22.4 Å². The van der Waals surface area contributed by atoms with Crippen LogP contribution in [0.4, 0.5) is 0 Å². The molecule has 1 saturated carbocycles. The standard InChI is InChI=1S/C36H37ClO4S/c1-35(2,40)32-9-4-3-7-28(32)15-17-33(42(41)24-36(18-19-36)23-34(38)39)29-8-5-6-25(20-29)10-11-26-12-13-27-14-16-31(37)22-30(27)21-26/h3-14,16,20-22,33,40H,15,17-19,23-24H2,1-2H3,(H,38,39)/b11-10-/t33-,42?/m1/s1. The number of halogens is 1. The van der Waals surface area contributed by atoms with Crippen LogP contribution in [0.1, 0.15) is 72.6 Å². The lowest BCUT2D eigenvalue weighted by molar-refractivity contribution is -0.138. The maximum Gasteiger partial charge on any atom is 0.304 e. The molecule has 0 bridgehead atoms. The normalized spacial score (nSPS) is 16.0. The summed E-state index contributed by atoms with van der Waals surface area (Å²) in [4.78, 5) is 11.5. The predicted molar refractivity (Wildman–Crippen MR) is 174 cm³/mol. The van der Waals surface area contributed by atoms with E-state index in [0.29, 0.717) is 23.6 Å². The predicted octanol–water partition coefficient (Wildman–Crippen LogP) is 8.57. The minimum absolute atomic E-state index is 0.0622. The Labute approximate surface area is 256 Å². The van der Waals surface area contributed by atoms with Gasteiger partial charge in [-0.2, -0.15) is 0 Å². The van der Waals surface area contributed by atoms with E-state index in [4.69, 9.17) is 11.6 Å². The summed E-state index contributed by atoms with van der Waals surface area (Å²) in [5.41, 5.74) is 3.60. The second kappa shape index (κ2) is 12.6. The first kappa shape index (κ1) is 30.4. The zero-order valence-electron chi connectivity index (χ0n) is 24.1. The van der Waals surface area contributed by atoms with Crippen LogP contribution >= 0.6 is 11.6 Å². The Morgan fingerprint density at radius 1 is 0.976 bits per heavy atom. The molecule has 0 radical (unpaired) electrons. The largest absolute Gasteiger partial charge is 0.616 e. The summed E-state index contributed by atoms with van der Waals surface area (Å²) in [6, 6.07) is 28.1. The number of fused-ring (bicyclic) bond motifs is 1. The molecule has 6 heteroatoms. The van der Waals surface area contributed by atoms with Gasteiger partial charge in [0.1, 0.15) is 11.0 Å². The number of rotatable bonds is 12. The molecule has 5 rings (SSSR count). The highest BCUT2D eigenvalue weighted by atomic mass is 35.5. The maximum atomic E-state index is 14.0. The fourth-order valence-electron chi connectivity index (χ4n) is 5.74. The van der Waals surface area contributed by atoms with Crippen LogP contribution in [0, 0.1) is 5.41 Å². The molecule has 0 amide bonds. The van der Waals surface area contributed by atoms with Crippen LogP contribution in [0.25, 0.3) is 22.9 Å². The third-order valence-electron chi connectivity index (χ3n) is 8.18. The Hall–Kier alpha value is -3.09. The van der Waals surface area contributed by atoms with Crippen LogP contribution in [-0.2, 0) is 28.0 Å². The molecule has 4 aromatic carbocycles. The lowest BCUT2D eigenvalue weighted by atomic mass is 9.90. The van der Waals surface area contributed by atoms with Crippen molar-refractivity contribution < 1.29 is 19.6 Å². The van der Waals surface area contributed by atoms with Crippen LogP contribution in [0.3, 0.4) is 0 Å². The topological polar surface area (TPSA) is 80.6 Å². The second-order valence-corrected chi connectivity index (χ2v) is 14.1. The van der Waals surface area contributed by atoms with Gasteiger partial charge in [-0.3, -0.25) is 4.79 Å². The van der Waals surface area contributed by atoms with Crippen molar-refractivity contribution in [3.63, 3.8) is 0 Å². The Kier molecular flexibility index (Phi) is 9.14. The highest BCUT2D eigenvalue weighted by Crippen LogP contribution is 2.51. The molecule has 1 aliphatic carbocycles. The number of hydrogen-bond acceptors (Lipinski definition) is 3. The van der Waals surface area contributed by atoms with E-state index in [-0.39, 0.29) is 17.1 Å². The van der Waals surface area contributed by atoms with Crippen LogP contribution in [0.15, 0.2) is 84.9 Å². The number of aryl methyl sites for hydroxylation is 1. The maximum absolute atomic E-state index is 14.0. The monoisotopic (exact) mass is 600 g/mol. The van der Waals surface area contributed by atoms with Crippen molar-refractivity contribution >= 4 is 51.7 Å². The van der Waals surface area contributed by atoms with Crippen LogP contribution in [0.2, 0.25) is 5.02 Å². The third-order valence-corrected chi connectivity index (χ3v) is 10.5. The summed E-state index contributed by atoms with van der Waals surface area (Å²) >= 11 is 4.93. The summed E-state index contributed by atoms with van der Waals surface area (Å²) in [6.45, 7) is 3.56. The SMILES string of the molecule is CC(C)(O)c1ccccc1CC[C@H](c1cccc(/C=C\c2ccc3ccc(Cl)cc3c2)c1)[S+]([O-])CC1(CC(=O)O)CC1. The van der Waals surface area contributed by atoms with Crippen molar-refractivity contribution in [2.24, 2.45) is 5.41 Å². The first-order valence-electron chi connectivity index (χ1n) is 14.4. The van der Waals surface area contributed by atoms with Gasteiger partial charge in [0.2, 0.25) is 0 Å². The molecular weight excluding hydrogens is 564 g/mol. The van der Waals surface area contributed by atoms with Gasteiger partial charge >= 0.3 is 5.97 Å². The minimum Gasteiger partial charge on any atom is -0.616 e.